The molecule has 2 amide bonds. The van der Waals surface area contributed by atoms with Gasteiger partial charge in [0, 0.05) is 29.5 Å². The highest BCUT2D eigenvalue weighted by Crippen LogP contribution is 2.48. The molecule has 2 aromatic rings. The highest BCUT2D eigenvalue weighted by Gasteiger charge is 2.44. The Bertz CT molecular complexity index is 893. The van der Waals surface area contributed by atoms with E-state index in [1.807, 2.05) is 47.4 Å². The third-order valence-corrected chi connectivity index (χ3v) is 6.96. The molecule has 1 aliphatic carbocycles. The number of likely N-dealkylation sites (tertiary alicyclic amines) is 1. The Morgan fingerprint density at radius 2 is 1.83 bits per heavy atom. The Morgan fingerprint density at radius 3 is 2.50 bits per heavy atom. The molecule has 0 spiro atoms. The topological polar surface area (TPSA) is 49.4 Å². The van der Waals surface area contributed by atoms with Crippen LogP contribution in [0.15, 0.2) is 59.1 Å². The summed E-state index contributed by atoms with van der Waals surface area (Å²) in [4.78, 5) is 27.7. The minimum absolute atomic E-state index is 0.0743. The smallest absolute Gasteiger partial charge is 0.230 e. The molecule has 0 bridgehead atoms. The lowest BCUT2D eigenvalue weighted by atomic mass is 9.93. The van der Waals surface area contributed by atoms with Gasteiger partial charge in [0.15, 0.2) is 0 Å². The highest BCUT2D eigenvalue weighted by molar-refractivity contribution is 9.10. The molecule has 3 atom stereocenters. The molecule has 5 heteroatoms. The second-order valence-corrected chi connectivity index (χ2v) is 9.40. The Morgan fingerprint density at radius 1 is 1.10 bits per heavy atom. The molecule has 1 N–H and O–H groups in total. The van der Waals surface area contributed by atoms with Crippen LogP contribution in [-0.2, 0) is 9.59 Å². The molecule has 158 valence electrons. The van der Waals surface area contributed by atoms with Gasteiger partial charge in [0.2, 0.25) is 11.8 Å². The lowest BCUT2D eigenvalue weighted by Gasteiger charge is -2.34. The van der Waals surface area contributed by atoms with E-state index in [2.05, 4.69) is 40.3 Å². The van der Waals surface area contributed by atoms with E-state index in [-0.39, 0.29) is 29.7 Å². The van der Waals surface area contributed by atoms with Gasteiger partial charge in [0.1, 0.15) is 0 Å². The van der Waals surface area contributed by atoms with Crippen LogP contribution in [0.3, 0.4) is 0 Å². The van der Waals surface area contributed by atoms with Crippen molar-refractivity contribution in [2.75, 3.05) is 13.1 Å². The molecule has 30 heavy (non-hydrogen) atoms. The summed E-state index contributed by atoms with van der Waals surface area (Å²) in [5.74, 6) is 0.725. The fourth-order valence-corrected chi connectivity index (χ4v) is 5.02. The van der Waals surface area contributed by atoms with Gasteiger partial charge in [-0.25, -0.2) is 0 Å². The van der Waals surface area contributed by atoms with Gasteiger partial charge in [0.25, 0.3) is 0 Å². The van der Waals surface area contributed by atoms with E-state index < -0.39 is 0 Å². The number of carbonyl (C=O) groups is 2. The lowest BCUT2D eigenvalue weighted by molar-refractivity contribution is -0.134. The predicted molar refractivity (Wildman–Crippen MR) is 122 cm³/mol. The van der Waals surface area contributed by atoms with Crippen LogP contribution in [0.1, 0.15) is 55.6 Å². The quantitative estimate of drug-likeness (QED) is 0.658. The van der Waals surface area contributed by atoms with Crippen LogP contribution in [0.2, 0.25) is 0 Å². The van der Waals surface area contributed by atoms with Crippen LogP contribution < -0.4 is 5.32 Å². The van der Waals surface area contributed by atoms with Crippen LogP contribution in [0.25, 0.3) is 0 Å². The molecule has 0 aromatic heterocycles. The summed E-state index contributed by atoms with van der Waals surface area (Å²) in [5.41, 5.74) is 2.32. The zero-order valence-electron chi connectivity index (χ0n) is 17.4. The highest BCUT2D eigenvalue weighted by atomic mass is 79.9. The first-order chi connectivity index (χ1) is 14.6. The summed E-state index contributed by atoms with van der Waals surface area (Å²) in [6.07, 6.45) is 3.39. The summed E-state index contributed by atoms with van der Waals surface area (Å²) in [5, 5.41) is 3.24. The van der Waals surface area contributed by atoms with Gasteiger partial charge in [-0.1, -0.05) is 65.3 Å². The second kappa shape index (κ2) is 9.34. The van der Waals surface area contributed by atoms with Crippen molar-refractivity contribution in [3.05, 3.63) is 70.2 Å². The Hall–Kier alpha value is -2.14. The molecular formula is C25H29BrN2O2. The van der Waals surface area contributed by atoms with E-state index in [1.54, 1.807) is 0 Å². The molecule has 4 nitrogen and oxygen atoms in total. The first-order valence-corrected chi connectivity index (χ1v) is 11.8. The maximum Gasteiger partial charge on any atom is 0.230 e. The molecule has 1 aliphatic heterocycles. The van der Waals surface area contributed by atoms with Crippen molar-refractivity contribution >= 4 is 27.7 Å². The van der Waals surface area contributed by atoms with Crippen LogP contribution in [-0.4, -0.2) is 35.8 Å². The standard InChI is InChI=1S/C25H29BrN2O2/c1-2-21(17-7-4-3-5-8-17)25(30)28-13-11-20(12-14-28)27-24(29)23-16-22(23)18-9-6-10-19(26)15-18/h3-10,15,20-23H,2,11-14,16H2,1H3,(H,27,29). The van der Waals surface area contributed by atoms with E-state index in [4.69, 9.17) is 0 Å². The molecule has 1 heterocycles. The van der Waals surface area contributed by atoms with Gasteiger partial charge in [-0.15, -0.1) is 0 Å². The number of nitrogens with one attached hydrogen (secondary N) is 1. The van der Waals surface area contributed by atoms with Gasteiger partial charge in [-0.2, -0.15) is 0 Å². The number of amides is 2. The van der Waals surface area contributed by atoms with Crippen molar-refractivity contribution in [2.24, 2.45) is 5.92 Å². The van der Waals surface area contributed by atoms with Crippen molar-refractivity contribution < 1.29 is 9.59 Å². The van der Waals surface area contributed by atoms with Crippen molar-refractivity contribution in [3.8, 4) is 0 Å². The van der Waals surface area contributed by atoms with Crippen molar-refractivity contribution in [3.63, 3.8) is 0 Å². The Balaban J connectivity index is 1.27. The summed E-state index contributed by atoms with van der Waals surface area (Å²) in [6, 6.07) is 18.5. The number of carbonyl (C=O) groups excluding carboxylic acids is 2. The van der Waals surface area contributed by atoms with Gasteiger partial charge in [0.05, 0.1) is 5.92 Å². The maximum absolute atomic E-state index is 13.0. The summed E-state index contributed by atoms with van der Waals surface area (Å²) < 4.78 is 1.06. The molecular weight excluding hydrogens is 440 g/mol. The Kier molecular flexibility index (Phi) is 6.57. The maximum atomic E-state index is 13.0. The van der Waals surface area contributed by atoms with Crippen LogP contribution in [0, 0.1) is 5.92 Å². The molecule has 2 aliphatic rings. The molecule has 0 radical (unpaired) electrons. The van der Waals surface area contributed by atoms with Crippen LogP contribution >= 0.6 is 15.9 Å². The first-order valence-electron chi connectivity index (χ1n) is 11.0. The molecule has 1 saturated carbocycles. The van der Waals surface area contributed by atoms with Gasteiger partial charge < -0.3 is 10.2 Å². The number of rotatable bonds is 6. The lowest BCUT2D eigenvalue weighted by Crippen LogP contribution is -2.48. The zero-order chi connectivity index (χ0) is 21.1. The summed E-state index contributed by atoms with van der Waals surface area (Å²) >= 11 is 3.51. The average molecular weight is 469 g/mol. The zero-order valence-corrected chi connectivity index (χ0v) is 19.0. The van der Waals surface area contributed by atoms with Gasteiger partial charge in [-0.05, 0) is 54.9 Å². The minimum Gasteiger partial charge on any atom is -0.353 e. The van der Waals surface area contributed by atoms with E-state index in [1.165, 1.54) is 5.56 Å². The van der Waals surface area contributed by atoms with Crippen molar-refractivity contribution in [1.29, 1.82) is 0 Å². The number of benzene rings is 2. The Labute approximate surface area is 187 Å². The predicted octanol–water partition coefficient (Wildman–Crippen LogP) is 4.85. The largest absolute Gasteiger partial charge is 0.353 e. The number of hydrogen-bond acceptors (Lipinski definition) is 2. The van der Waals surface area contributed by atoms with E-state index in [9.17, 15) is 9.59 Å². The summed E-state index contributed by atoms with van der Waals surface area (Å²) in [6.45, 7) is 3.50. The third kappa shape index (κ3) is 4.77. The molecule has 3 unspecified atom stereocenters. The monoisotopic (exact) mass is 468 g/mol. The van der Waals surface area contributed by atoms with Crippen LogP contribution in [0.4, 0.5) is 0 Å². The van der Waals surface area contributed by atoms with Crippen molar-refractivity contribution in [2.45, 2.75) is 50.5 Å². The number of piperidine rings is 1. The SMILES string of the molecule is CCC(C(=O)N1CCC(NC(=O)C2CC2c2cccc(Br)c2)CC1)c1ccccc1. The van der Waals surface area contributed by atoms with E-state index in [0.29, 0.717) is 19.0 Å². The van der Waals surface area contributed by atoms with Gasteiger partial charge in [-0.3, -0.25) is 9.59 Å². The number of halogens is 1. The minimum atomic E-state index is -0.0743. The molecule has 2 aromatic carbocycles. The van der Waals surface area contributed by atoms with E-state index in [0.717, 1.165) is 35.7 Å². The number of nitrogens with zero attached hydrogens (tertiary/aromatic N) is 1. The molecule has 1 saturated heterocycles. The second-order valence-electron chi connectivity index (χ2n) is 8.48. The van der Waals surface area contributed by atoms with E-state index >= 15 is 0 Å². The third-order valence-electron chi connectivity index (χ3n) is 6.47. The normalized spacial score (nSPS) is 22.4. The van der Waals surface area contributed by atoms with Crippen molar-refractivity contribution in [1.82, 2.24) is 10.2 Å². The average Bonchev–Trinajstić information content (AvgIpc) is 3.57. The molecule has 2 fully saturated rings. The first kappa shape index (κ1) is 21.1. The van der Waals surface area contributed by atoms with Gasteiger partial charge >= 0.3 is 0 Å². The molecule has 4 rings (SSSR count). The fraction of sp³-hybridized carbons (Fsp3) is 0.440. The van der Waals surface area contributed by atoms with Crippen LogP contribution in [0.5, 0.6) is 0 Å². The fourth-order valence-electron chi connectivity index (χ4n) is 4.60. The summed E-state index contributed by atoms with van der Waals surface area (Å²) in [7, 11) is 0. The number of hydrogen-bond donors (Lipinski definition) is 1.